The topological polar surface area (TPSA) is 88.5 Å². The summed E-state index contributed by atoms with van der Waals surface area (Å²) in [7, 11) is 0. The molecule has 0 saturated carbocycles. The second-order valence-electron chi connectivity index (χ2n) is 7.03. The van der Waals surface area contributed by atoms with Gasteiger partial charge in [-0.3, -0.25) is 9.36 Å². The molecule has 0 aliphatic carbocycles. The largest absolute Gasteiger partial charge is 0.503 e. The Morgan fingerprint density at radius 1 is 1.12 bits per heavy atom. The summed E-state index contributed by atoms with van der Waals surface area (Å²) in [6.45, 7) is 1.67. The highest BCUT2D eigenvalue weighted by Gasteiger charge is 2.33. The van der Waals surface area contributed by atoms with Gasteiger partial charge in [-0.25, -0.2) is 9.37 Å². The van der Waals surface area contributed by atoms with Gasteiger partial charge in [0.05, 0.1) is 21.0 Å². The second-order valence-corrected chi connectivity index (χ2v) is 8.45. The number of fused-ring (bicyclic) bond motifs is 1. The monoisotopic (exact) mass is 468 g/mol. The highest BCUT2D eigenvalue weighted by atomic mass is 35.5. The lowest BCUT2D eigenvalue weighted by Gasteiger charge is -2.09. The molecule has 3 aromatic heterocycles. The molecule has 9 heteroatoms. The number of carbonyl (C=O) groups is 1. The van der Waals surface area contributed by atoms with Crippen molar-refractivity contribution in [3.63, 3.8) is 0 Å². The maximum Gasteiger partial charge on any atom is 0.242 e. The van der Waals surface area contributed by atoms with Crippen LogP contribution in [0.25, 0.3) is 26.6 Å². The molecular formula is C23H14ClFN2O4S. The number of aromatic nitrogens is 2. The average molecular weight is 469 g/mol. The first-order chi connectivity index (χ1) is 15.4. The molecule has 6 nitrogen and oxygen atoms in total. The number of hydrogen-bond donors (Lipinski definition) is 2. The Balaban J connectivity index is 1.85. The Morgan fingerprint density at radius 2 is 1.91 bits per heavy atom. The fourth-order valence-corrected chi connectivity index (χ4v) is 4.81. The number of rotatable bonds is 4. The minimum Gasteiger partial charge on any atom is -0.503 e. The molecule has 2 aromatic carbocycles. The van der Waals surface area contributed by atoms with Crippen molar-refractivity contribution in [3.05, 3.63) is 82.5 Å². The predicted molar refractivity (Wildman–Crippen MR) is 120 cm³/mol. The first-order valence-corrected chi connectivity index (χ1v) is 10.6. The molecule has 0 radical (unpaired) electrons. The van der Waals surface area contributed by atoms with Crippen LogP contribution in [0.5, 0.6) is 11.6 Å². The SMILES string of the molecule is Cc1ccc(C(=O)c2c(O)c(O)n(-c3nc4c(Cl)cccc4s3)c2-c2ccccc2F)o1. The van der Waals surface area contributed by atoms with Gasteiger partial charge in [-0.1, -0.05) is 41.1 Å². The summed E-state index contributed by atoms with van der Waals surface area (Å²) >= 11 is 7.41. The van der Waals surface area contributed by atoms with Crippen molar-refractivity contribution in [2.45, 2.75) is 6.92 Å². The van der Waals surface area contributed by atoms with Gasteiger partial charge in [-0.05, 0) is 43.3 Å². The molecule has 0 unspecified atom stereocenters. The normalized spacial score (nSPS) is 11.3. The molecule has 5 rings (SSSR count). The highest BCUT2D eigenvalue weighted by Crippen LogP contribution is 2.46. The molecule has 0 spiro atoms. The molecule has 0 fully saturated rings. The lowest BCUT2D eigenvalue weighted by molar-refractivity contribution is 0.101. The van der Waals surface area contributed by atoms with Crippen LogP contribution in [0.1, 0.15) is 21.9 Å². The van der Waals surface area contributed by atoms with Crippen LogP contribution in [0, 0.1) is 12.7 Å². The number of benzene rings is 2. The molecule has 3 heterocycles. The summed E-state index contributed by atoms with van der Waals surface area (Å²) in [4.78, 5) is 17.7. The highest BCUT2D eigenvalue weighted by molar-refractivity contribution is 7.21. The number of carbonyl (C=O) groups excluding carboxylic acids is 1. The van der Waals surface area contributed by atoms with Crippen LogP contribution >= 0.6 is 22.9 Å². The fourth-order valence-electron chi connectivity index (χ4n) is 3.54. The summed E-state index contributed by atoms with van der Waals surface area (Å²) in [6, 6.07) is 14.0. The van der Waals surface area contributed by atoms with Crippen molar-refractivity contribution < 1.29 is 23.8 Å². The third kappa shape index (κ3) is 3.07. The lowest BCUT2D eigenvalue weighted by Crippen LogP contribution is -2.05. The zero-order chi connectivity index (χ0) is 22.6. The predicted octanol–water partition coefficient (Wildman–Crippen LogP) is 6.09. The van der Waals surface area contributed by atoms with E-state index in [2.05, 4.69) is 4.98 Å². The number of halogens is 2. The van der Waals surface area contributed by atoms with E-state index in [4.69, 9.17) is 16.0 Å². The third-order valence-electron chi connectivity index (χ3n) is 4.99. The molecule has 32 heavy (non-hydrogen) atoms. The van der Waals surface area contributed by atoms with Crippen LogP contribution in [0.15, 0.2) is 59.0 Å². The van der Waals surface area contributed by atoms with Crippen molar-refractivity contribution in [2.75, 3.05) is 0 Å². The van der Waals surface area contributed by atoms with Gasteiger partial charge < -0.3 is 14.6 Å². The number of hydrogen-bond acceptors (Lipinski definition) is 6. The van der Waals surface area contributed by atoms with Gasteiger partial charge >= 0.3 is 0 Å². The number of thiazole rings is 1. The van der Waals surface area contributed by atoms with Crippen LogP contribution in [0.4, 0.5) is 4.39 Å². The van der Waals surface area contributed by atoms with E-state index in [1.165, 1.54) is 35.6 Å². The van der Waals surface area contributed by atoms with Gasteiger partial charge in [0.1, 0.15) is 17.1 Å². The van der Waals surface area contributed by atoms with Crippen LogP contribution < -0.4 is 0 Å². The molecule has 0 saturated heterocycles. The van der Waals surface area contributed by atoms with Crippen molar-refractivity contribution in [1.82, 2.24) is 9.55 Å². The van der Waals surface area contributed by atoms with Crippen molar-refractivity contribution in [3.8, 4) is 28.0 Å². The Hall–Kier alpha value is -3.62. The molecule has 0 aliphatic heterocycles. The van der Waals surface area contributed by atoms with Crippen molar-refractivity contribution in [2.24, 2.45) is 0 Å². The number of para-hydroxylation sites is 1. The third-order valence-corrected chi connectivity index (χ3v) is 6.30. The smallest absolute Gasteiger partial charge is 0.242 e. The quantitative estimate of drug-likeness (QED) is 0.311. The van der Waals surface area contributed by atoms with Crippen LogP contribution in [-0.4, -0.2) is 25.5 Å². The number of nitrogens with zero attached hydrogens (tertiary/aromatic N) is 2. The number of ketones is 1. The summed E-state index contributed by atoms with van der Waals surface area (Å²) in [6.07, 6.45) is 0. The van der Waals surface area contributed by atoms with E-state index >= 15 is 0 Å². The van der Waals surface area contributed by atoms with Gasteiger partial charge in [0, 0.05) is 5.56 Å². The average Bonchev–Trinajstić information content (AvgIpc) is 3.46. The Kier molecular flexibility index (Phi) is 4.76. The fraction of sp³-hybridized carbons (Fsp3) is 0.0435. The van der Waals surface area contributed by atoms with Gasteiger partial charge in [0.2, 0.25) is 11.7 Å². The molecule has 0 bridgehead atoms. The van der Waals surface area contributed by atoms with Crippen LogP contribution in [-0.2, 0) is 0 Å². The van der Waals surface area contributed by atoms with E-state index in [9.17, 15) is 19.4 Å². The second kappa shape index (κ2) is 7.51. The van der Waals surface area contributed by atoms with Gasteiger partial charge in [0.25, 0.3) is 0 Å². The first kappa shape index (κ1) is 20.3. The minimum absolute atomic E-state index is 0.0000751. The van der Waals surface area contributed by atoms with Crippen LogP contribution in [0.2, 0.25) is 5.02 Å². The maximum absolute atomic E-state index is 14.9. The Morgan fingerprint density at radius 3 is 2.59 bits per heavy atom. The Labute approximate surface area is 189 Å². The van der Waals surface area contributed by atoms with E-state index in [1.54, 1.807) is 37.3 Å². The van der Waals surface area contributed by atoms with Crippen molar-refractivity contribution in [1.29, 1.82) is 0 Å². The summed E-state index contributed by atoms with van der Waals surface area (Å²) in [5, 5.41) is 22.2. The minimum atomic E-state index is -0.706. The molecule has 0 aliphatic rings. The zero-order valence-corrected chi connectivity index (χ0v) is 18.0. The van der Waals surface area contributed by atoms with E-state index < -0.39 is 23.2 Å². The van der Waals surface area contributed by atoms with Crippen molar-refractivity contribution >= 4 is 38.9 Å². The van der Waals surface area contributed by atoms with Crippen LogP contribution in [0.3, 0.4) is 0 Å². The van der Waals surface area contributed by atoms with E-state index in [-0.39, 0.29) is 27.7 Å². The summed E-state index contributed by atoms with van der Waals surface area (Å²) in [5.74, 6) is -2.26. The van der Waals surface area contributed by atoms with E-state index in [1.807, 2.05) is 0 Å². The first-order valence-electron chi connectivity index (χ1n) is 9.45. The molecule has 160 valence electrons. The maximum atomic E-state index is 14.9. The summed E-state index contributed by atoms with van der Waals surface area (Å²) in [5.41, 5.74) is 0.135. The van der Waals surface area contributed by atoms with E-state index in [0.717, 1.165) is 4.57 Å². The molecule has 0 atom stereocenters. The number of aryl methyl sites for hydroxylation is 1. The zero-order valence-electron chi connectivity index (χ0n) is 16.5. The molecule has 2 N–H and O–H groups in total. The van der Waals surface area contributed by atoms with E-state index in [0.29, 0.717) is 21.0 Å². The van der Waals surface area contributed by atoms with Gasteiger partial charge in [0.15, 0.2) is 16.6 Å². The molecule has 5 aromatic rings. The van der Waals surface area contributed by atoms with Gasteiger partial charge in [-0.15, -0.1) is 0 Å². The summed E-state index contributed by atoms with van der Waals surface area (Å²) < 4.78 is 22.2. The Bertz CT molecular complexity index is 1520. The molecular weight excluding hydrogens is 455 g/mol. The molecule has 0 amide bonds. The number of aromatic hydroxyl groups is 2. The lowest BCUT2D eigenvalue weighted by atomic mass is 10.0. The number of furan rings is 1. The standard InChI is InChI=1S/C23H14ClFN2O4S/c1-11-9-10-15(31-11)20(28)17-19(12-5-2-3-7-14(12)25)27(22(30)21(17)29)23-26-18-13(24)6-4-8-16(18)32-23/h2-10,29-30H,1H3. The van der Waals surface area contributed by atoms with Gasteiger partial charge in [-0.2, -0.15) is 0 Å².